The van der Waals surface area contributed by atoms with Crippen LogP contribution in [0.1, 0.15) is 52.4 Å². The lowest BCUT2D eigenvalue weighted by molar-refractivity contribution is 0.144. The minimum atomic E-state index is 0.657. The quantitative estimate of drug-likeness (QED) is 0.726. The van der Waals surface area contributed by atoms with Crippen LogP contribution in [0.15, 0.2) is 0 Å². The first-order chi connectivity index (χ1) is 7.59. The van der Waals surface area contributed by atoms with E-state index in [0.717, 1.165) is 24.9 Å². The zero-order chi connectivity index (χ0) is 12.0. The van der Waals surface area contributed by atoms with Crippen LogP contribution in [-0.4, -0.2) is 29.0 Å². The fourth-order valence-electron chi connectivity index (χ4n) is 2.59. The summed E-state index contributed by atoms with van der Waals surface area (Å²) in [5, 5.41) is 0. The highest BCUT2D eigenvalue weighted by molar-refractivity contribution is 7.80. The molecule has 2 nitrogen and oxygen atoms in total. The normalized spacial score (nSPS) is 18.2. The third-order valence-corrected chi connectivity index (χ3v) is 3.54. The molecule has 0 aromatic carbocycles. The molecule has 0 bridgehead atoms. The zero-order valence-electron chi connectivity index (χ0n) is 10.7. The average molecular weight is 242 g/mol. The molecule has 1 rings (SSSR count). The minimum absolute atomic E-state index is 0.657. The van der Waals surface area contributed by atoms with Crippen LogP contribution in [0.5, 0.6) is 0 Å². The van der Waals surface area contributed by atoms with Crippen molar-refractivity contribution in [3.8, 4) is 0 Å². The molecule has 0 heterocycles. The molecule has 0 aromatic heterocycles. The van der Waals surface area contributed by atoms with E-state index in [-0.39, 0.29) is 0 Å². The summed E-state index contributed by atoms with van der Waals surface area (Å²) in [5.41, 5.74) is 5.61. The van der Waals surface area contributed by atoms with Gasteiger partial charge in [-0.3, -0.25) is 4.90 Å². The van der Waals surface area contributed by atoms with E-state index in [2.05, 4.69) is 18.7 Å². The highest BCUT2D eigenvalue weighted by Gasteiger charge is 2.21. The molecule has 1 aliphatic carbocycles. The summed E-state index contributed by atoms with van der Waals surface area (Å²) in [5.74, 6) is 0.730. The Morgan fingerprint density at radius 3 is 2.44 bits per heavy atom. The Morgan fingerprint density at radius 2 is 1.94 bits per heavy atom. The molecule has 0 unspecified atom stereocenters. The van der Waals surface area contributed by atoms with E-state index >= 15 is 0 Å². The van der Waals surface area contributed by atoms with E-state index in [1.165, 1.54) is 38.6 Å². The van der Waals surface area contributed by atoms with Gasteiger partial charge < -0.3 is 5.73 Å². The second kappa shape index (κ2) is 7.23. The molecule has 1 fully saturated rings. The highest BCUT2D eigenvalue weighted by Crippen LogP contribution is 2.23. The summed E-state index contributed by atoms with van der Waals surface area (Å²) in [6.45, 7) is 6.82. The summed E-state index contributed by atoms with van der Waals surface area (Å²) in [7, 11) is 0. The van der Waals surface area contributed by atoms with E-state index in [9.17, 15) is 0 Å². The number of nitrogens with two attached hydrogens (primary N) is 1. The number of rotatable bonds is 6. The Labute approximate surface area is 106 Å². The van der Waals surface area contributed by atoms with Crippen molar-refractivity contribution in [3.05, 3.63) is 0 Å². The Hall–Kier alpha value is -0.150. The predicted molar refractivity (Wildman–Crippen MR) is 74.7 cm³/mol. The first-order valence-electron chi connectivity index (χ1n) is 6.62. The Kier molecular flexibility index (Phi) is 6.29. The SMILES string of the molecule is CC(C)CN(CCC(N)=S)C1CCCCC1. The standard InChI is InChI=1S/C13H26N2S/c1-11(2)10-15(9-8-13(14)16)12-6-4-3-5-7-12/h11-12H,3-10H2,1-2H3,(H2,14,16). The molecule has 0 amide bonds. The van der Waals surface area contributed by atoms with E-state index in [4.69, 9.17) is 18.0 Å². The lowest BCUT2D eigenvalue weighted by Gasteiger charge is -2.35. The van der Waals surface area contributed by atoms with Gasteiger partial charge in [0.25, 0.3) is 0 Å². The van der Waals surface area contributed by atoms with Crippen molar-refractivity contribution >= 4 is 17.2 Å². The maximum Gasteiger partial charge on any atom is 0.0740 e. The molecule has 1 aliphatic rings. The predicted octanol–water partition coefficient (Wildman–Crippen LogP) is 2.95. The summed E-state index contributed by atoms with van der Waals surface area (Å²) in [6, 6.07) is 0.783. The van der Waals surface area contributed by atoms with Crippen LogP contribution in [0.3, 0.4) is 0 Å². The van der Waals surface area contributed by atoms with Gasteiger partial charge in [-0.1, -0.05) is 45.3 Å². The molecule has 2 N–H and O–H groups in total. The zero-order valence-corrected chi connectivity index (χ0v) is 11.6. The number of hydrogen-bond donors (Lipinski definition) is 1. The van der Waals surface area contributed by atoms with Gasteiger partial charge in [0.2, 0.25) is 0 Å². The monoisotopic (exact) mass is 242 g/mol. The second-order valence-electron chi connectivity index (χ2n) is 5.40. The van der Waals surface area contributed by atoms with Gasteiger partial charge in [0.15, 0.2) is 0 Å². The van der Waals surface area contributed by atoms with Crippen molar-refractivity contribution in [1.82, 2.24) is 4.90 Å². The molecule has 16 heavy (non-hydrogen) atoms. The first kappa shape index (κ1) is 13.9. The van der Waals surface area contributed by atoms with Crippen LogP contribution in [-0.2, 0) is 0 Å². The molecule has 0 spiro atoms. The summed E-state index contributed by atoms with van der Waals surface area (Å²) in [6.07, 6.45) is 7.81. The molecule has 0 aliphatic heterocycles. The molecule has 0 aromatic rings. The fourth-order valence-corrected chi connectivity index (χ4v) is 2.68. The molecule has 94 valence electrons. The Balaban J connectivity index is 2.43. The van der Waals surface area contributed by atoms with Gasteiger partial charge in [-0.2, -0.15) is 0 Å². The van der Waals surface area contributed by atoms with E-state index in [0.29, 0.717) is 4.99 Å². The molecular formula is C13H26N2S. The summed E-state index contributed by atoms with van der Waals surface area (Å²) < 4.78 is 0. The third kappa shape index (κ3) is 5.26. The van der Waals surface area contributed by atoms with Crippen molar-refractivity contribution in [1.29, 1.82) is 0 Å². The summed E-state index contributed by atoms with van der Waals surface area (Å²) in [4.78, 5) is 3.27. The summed E-state index contributed by atoms with van der Waals surface area (Å²) >= 11 is 4.98. The van der Waals surface area contributed by atoms with Crippen molar-refractivity contribution in [2.45, 2.75) is 58.4 Å². The molecule has 3 heteroatoms. The Morgan fingerprint density at radius 1 is 1.31 bits per heavy atom. The first-order valence-corrected chi connectivity index (χ1v) is 7.02. The number of nitrogens with zero attached hydrogens (tertiary/aromatic N) is 1. The number of thiocarbonyl (C=S) groups is 1. The van der Waals surface area contributed by atoms with Crippen molar-refractivity contribution < 1.29 is 0 Å². The molecular weight excluding hydrogens is 216 g/mol. The van der Waals surface area contributed by atoms with E-state index in [1.54, 1.807) is 0 Å². The third-order valence-electron chi connectivity index (χ3n) is 3.34. The van der Waals surface area contributed by atoms with Gasteiger partial charge in [0.05, 0.1) is 4.99 Å². The number of hydrogen-bond acceptors (Lipinski definition) is 2. The van der Waals surface area contributed by atoms with Crippen LogP contribution in [0.2, 0.25) is 0 Å². The van der Waals surface area contributed by atoms with Gasteiger partial charge in [-0.25, -0.2) is 0 Å². The second-order valence-corrected chi connectivity index (χ2v) is 5.92. The van der Waals surface area contributed by atoms with Crippen molar-refractivity contribution in [2.75, 3.05) is 13.1 Å². The molecule has 0 atom stereocenters. The fraction of sp³-hybridized carbons (Fsp3) is 0.923. The highest BCUT2D eigenvalue weighted by atomic mass is 32.1. The van der Waals surface area contributed by atoms with Gasteiger partial charge >= 0.3 is 0 Å². The molecule has 0 saturated heterocycles. The smallest absolute Gasteiger partial charge is 0.0740 e. The van der Waals surface area contributed by atoms with Gasteiger partial charge in [-0.05, 0) is 18.8 Å². The average Bonchev–Trinajstić information content (AvgIpc) is 2.25. The van der Waals surface area contributed by atoms with Crippen LogP contribution in [0.4, 0.5) is 0 Å². The maximum atomic E-state index is 5.61. The van der Waals surface area contributed by atoms with Crippen LogP contribution < -0.4 is 5.73 Å². The van der Waals surface area contributed by atoms with Crippen LogP contribution >= 0.6 is 12.2 Å². The van der Waals surface area contributed by atoms with Gasteiger partial charge in [0.1, 0.15) is 0 Å². The minimum Gasteiger partial charge on any atom is -0.393 e. The van der Waals surface area contributed by atoms with Crippen LogP contribution in [0.25, 0.3) is 0 Å². The molecule has 0 radical (unpaired) electrons. The van der Waals surface area contributed by atoms with Crippen molar-refractivity contribution in [2.24, 2.45) is 11.7 Å². The molecule has 1 saturated carbocycles. The van der Waals surface area contributed by atoms with Crippen LogP contribution in [0, 0.1) is 5.92 Å². The lowest BCUT2D eigenvalue weighted by Crippen LogP contribution is -2.40. The lowest BCUT2D eigenvalue weighted by atomic mass is 9.93. The maximum absolute atomic E-state index is 5.61. The largest absolute Gasteiger partial charge is 0.393 e. The van der Waals surface area contributed by atoms with E-state index in [1.807, 2.05) is 0 Å². The van der Waals surface area contributed by atoms with Gasteiger partial charge in [0, 0.05) is 25.6 Å². The topological polar surface area (TPSA) is 29.3 Å². The Bertz CT molecular complexity index is 210. The van der Waals surface area contributed by atoms with E-state index < -0.39 is 0 Å². The van der Waals surface area contributed by atoms with Gasteiger partial charge in [-0.15, -0.1) is 0 Å². The van der Waals surface area contributed by atoms with Crippen molar-refractivity contribution in [3.63, 3.8) is 0 Å².